The van der Waals surface area contributed by atoms with Crippen LogP contribution < -0.4 is 0 Å². The average molecular weight is 469 g/mol. The fraction of sp³-hybridized carbons (Fsp3) is 0.906. The minimum absolute atomic E-state index is 0.00187. The molecule has 0 unspecified atom stereocenters. The van der Waals surface area contributed by atoms with E-state index in [0.29, 0.717) is 40.8 Å². The lowest BCUT2D eigenvalue weighted by atomic mass is 9.33. The summed E-state index contributed by atoms with van der Waals surface area (Å²) in [4.78, 5) is 13.6. The number of Topliss-reactive ketones (excluding diaryl/α,β-unsaturated/α-hetero) is 1. The minimum atomic E-state index is -0.167. The van der Waals surface area contributed by atoms with Crippen LogP contribution in [0, 0.1) is 50.2 Å². The molecule has 0 radical (unpaired) electrons. The SMILES string of the molecule is CCC(=O)[C@]12CCC(C)(C)C[C@H]1C1=CC[C@@H]3[C@@]4(C)CC[C@H](O)C(C)(C)[C@@H]4CC[C@@]3(C)[C@]1(C)CC2. The third kappa shape index (κ3) is 2.99. The molecular formula is C32H52O2. The van der Waals surface area contributed by atoms with Crippen molar-refractivity contribution in [3.8, 4) is 0 Å². The molecule has 0 aromatic rings. The van der Waals surface area contributed by atoms with E-state index in [1.165, 1.54) is 38.5 Å². The molecule has 0 amide bonds. The number of aliphatic hydroxyl groups excluding tert-OH is 1. The van der Waals surface area contributed by atoms with Crippen molar-refractivity contribution in [3.63, 3.8) is 0 Å². The van der Waals surface area contributed by atoms with Crippen LogP contribution in [0.2, 0.25) is 0 Å². The number of rotatable bonds is 2. The van der Waals surface area contributed by atoms with Gasteiger partial charge in [-0.15, -0.1) is 0 Å². The predicted molar refractivity (Wildman–Crippen MR) is 140 cm³/mol. The Morgan fingerprint density at radius 2 is 1.59 bits per heavy atom. The van der Waals surface area contributed by atoms with Crippen molar-refractivity contribution in [2.75, 3.05) is 0 Å². The van der Waals surface area contributed by atoms with Crippen LogP contribution in [0.5, 0.6) is 0 Å². The van der Waals surface area contributed by atoms with Crippen LogP contribution in [0.3, 0.4) is 0 Å². The first-order chi connectivity index (χ1) is 15.7. The van der Waals surface area contributed by atoms with Gasteiger partial charge in [0.1, 0.15) is 5.78 Å². The van der Waals surface area contributed by atoms with E-state index in [4.69, 9.17) is 0 Å². The molecule has 0 aliphatic heterocycles. The maximum Gasteiger partial charge on any atom is 0.139 e. The van der Waals surface area contributed by atoms with Gasteiger partial charge in [0.15, 0.2) is 0 Å². The number of hydrogen-bond donors (Lipinski definition) is 1. The van der Waals surface area contributed by atoms with Gasteiger partial charge in [0.2, 0.25) is 0 Å². The molecule has 4 saturated carbocycles. The van der Waals surface area contributed by atoms with Crippen LogP contribution in [-0.2, 0) is 4.79 Å². The third-order valence-electron chi connectivity index (χ3n) is 13.5. The highest BCUT2D eigenvalue weighted by molar-refractivity contribution is 5.86. The zero-order valence-electron chi connectivity index (χ0n) is 23.5. The molecule has 2 nitrogen and oxygen atoms in total. The van der Waals surface area contributed by atoms with Gasteiger partial charge in [-0.3, -0.25) is 4.79 Å². The van der Waals surface area contributed by atoms with E-state index in [1.807, 2.05) is 0 Å². The van der Waals surface area contributed by atoms with Crippen molar-refractivity contribution in [3.05, 3.63) is 11.6 Å². The molecule has 0 bridgehead atoms. The van der Waals surface area contributed by atoms with Gasteiger partial charge in [0.05, 0.1) is 6.10 Å². The van der Waals surface area contributed by atoms with E-state index >= 15 is 0 Å². The topological polar surface area (TPSA) is 37.3 Å². The summed E-state index contributed by atoms with van der Waals surface area (Å²) in [6, 6.07) is 0. The molecule has 8 atom stereocenters. The van der Waals surface area contributed by atoms with E-state index < -0.39 is 0 Å². The summed E-state index contributed by atoms with van der Waals surface area (Å²) in [5.74, 6) is 2.25. The lowest BCUT2D eigenvalue weighted by molar-refractivity contribution is -0.203. The van der Waals surface area contributed by atoms with Crippen LogP contribution >= 0.6 is 0 Å². The van der Waals surface area contributed by atoms with Gasteiger partial charge in [-0.25, -0.2) is 0 Å². The van der Waals surface area contributed by atoms with E-state index in [-0.39, 0.29) is 27.8 Å². The zero-order chi connectivity index (χ0) is 24.9. The quantitative estimate of drug-likeness (QED) is 0.415. The normalized spacial score (nSPS) is 51.3. The first-order valence-electron chi connectivity index (χ1n) is 14.6. The average Bonchev–Trinajstić information content (AvgIpc) is 2.76. The Bertz CT molecular complexity index is 897. The van der Waals surface area contributed by atoms with Gasteiger partial charge in [0.25, 0.3) is 0 Å². The van der Waals surface area contributed by atoms with E-state index in [1.54, 1.807) is 5.57 Å². The molecule has 0 aromatic heterocycles. The molecular weight excluding hydrogens is 416 g/mol. The largest absolute Gasteiger partial charge is 0.393 e. The summed E-state index contributed by atoms with van der Waals surface area (Å²) in [6.07, 6.45) is 14.8. The Hall–Kier alpha value is -0.630. The molecule has 0 heterocycles. The molecule has 192 valence electrons. The second-order valence-electron chi connectivity index (χ2n) is 15.5. The third-order valence-corrected chi connectivity index (χ3v) is 13.5. The number of aliphatic hydroxyl groups is 1. The van der Waals surface area contributed by atoms with Crippen LogP contribution in [0.4, 0.5) is 0 Å². The monoisotopic (exact) mass is 468 g/mol. The summed E-state index contributed by atoms with van der Waals surface area (Å²) >= 11 is 0. The second kappa shape index (κ2) is 7.45. The van der Waals surface area contributed by atoms with Crippen molar-refractivity contribution in [1.29, 1.82) is 0 Å². The first kappa shape index (κ1) is 25.0. The maximum absolute atomic E-state index is 13.6. The van der Waals surface area contributed by atoms with Crippen LogP contribution in [-0.4, -0.2) is 17.0 Å². The van der Waals surface area contributed by atoms with Gasteiger partial charge in [0, 0.05) is 11.8 Å². The number of hydrogen-bond acceptors (Lipinski definition) is 2. The van der Waals surface area contributed by atoms with Gasteiger partial charge < -0.3 is 5.11 Å². The number of carbonyl (C=O) groups is 1. The van der Waals surface area contributed by atoms with Crippen LogP contribution in [0.15, 0.2) is 11.6 Å². The Labute approximate surface area is 209 Å². The number of fused-ring (bicyclic) bond motifs is 7. The molecule has 0 saturated heterocycles. The minimum Gasteiger partial charge on any atom is -0.393 e. The van der Waals surface area contributed by atoms with Gasteiger partial charge in [-0.1, -0.05) is 67.0 Å². The molecule has 0 aromatic carbocycles. The summed E-state index contributed by atoms with van der Waals surface area (Å²) in [5, 5.41) is 10.9. The summed E-state index contributed by atoms with van der Waals surface area (Å²) < 4.78 is 0. The Morgan fingerprint density at radius 3 is 2.26 bits per heavy atom. The van der Waals surface area contributed by atoms with Crippen LogP contribution in [0.25, 0.3) is 0 Å². The van der Waals surface area contributed by atoms with Crippen molar-refractivity contribution in [2.45, 2.75) is 132 Å². The van der Waals surface area contributed by atoms with Gasteiger partial charge >= 0.3 is 0 Å². The Morgan fingerprint density at radius 1 is 0.912 bits per heavy atom. The predicted octanol–water partition coefficient (Wildman–Crippen LogP) is 8.13. The molecule has 0 spiro atoms. The highest BCUT2D eigenvalue weighted by atomic mass is 16.3. The van der Waals surface area contributed by atoms with Gasteiger partial charge in [-0.2, -0.15) is 0 Å². The van der Waals surface area contributed by atoms with Crippen molar-refractivity contribution in [2.24, 2.45) is 50.2 Å². The van der Waals surface area contributed by atoms with Crippen molar-refractivity contribution in [1.82, 2.24) is 0 Å². The number of ketones is 1. The van der Waals surface area contributed by atoms with Crippen molar-refractivity contribution < 1.29 is 9.90 Å². The molecule has 2 heteroatoms. The molecule has 1 N–H and O–H groups in total. The second-order valence-corrected chi connectivity index (χ2v) is 15.5. The maximum atomic E-state index is 13.6. The highest BCUT2D eigenvalue weighted by Crippen LogP contribution is 2.75. The standard InChI is InChI=1S/C32H52O2/c1-9-25(33)32-18-16-27(2,3)20-22(32)21-10-11-24-29(6)14-13-26(34)28(4,5)23(29)12-15-31(24,8)30(21,7)17-19-32/h10,22-24,26,34H,9,11-20H2,1-8H3/t22-,23-,24+,26-,29-,30+,31+,32-/m0/s1. The fourth-order valence-corrected chi connectivity index (χ4v) is 11.1. The van der Waals surface area contributed by atoms with Crippen LogP contribution in [0.1, 0.15) is 126 Å². The first-order valence-corrected chi connectivity index (χ1v) is 14.6. The number of carbonyl (C=O) groups excluding carboxylic acids is 1. The fourth-order valence-electron chi connectivity index (χ4n) is 11.1. The Balaban J connectivity index is 1.60. The van der Waals surface area contributed by atoms with Crippen molar-refractivity contribution >= 4 is 5.78 Å². The zero-order valence-corrected chi connectivity index (χ0v) is 23.5. The van der Waals surface area contributed by atoms with E-state index in [0.717, 1.165) is 25.7 Å². The van der Waals surface area contributed by atoms with Gasteiger partial charge in [-0.05, 0) is 109 Å². The Kier molecular flexibility index (Phi) is 5.49. The summed E-state index contributed by atoms with van der Waals surface area (Å²) in [5.41, 5.74) is 2.68. The molecule has 34 heavy (non-hydrogen) atoms. The molecule has 4 fully saturated rings. The number of allylic oxidation sites excluding steroid dienone is 2. The lowest BCUT2D eigenvalue weighted by Gasteiger charge is -2.71. The summed E-state index contributed by atoms with van der Waals surface area (Å²) in [7, 11) is 0. The summed E-state index contributed by atoms with van der Waals surface area (Å²) in [6.45, 7) is 19.5. The van der Waals surface area contributed by atoms with E-state index in [9.17, 15) is 9.90 Å². The smallest absolute Gasteiger partial charge is 0.139 e. The highest BCUT2D eigenvalue weighted by Gasteiger charge is 2.68. The molecule has 5 aliphatic rings. The van der Waals surface area contributed by atoms with E-state index in [2.05, 4.69) is 61.5 Å². The molecule has 5 rings (SSSR count). The lowest BCUT2D eigenvalue weighted by Crippen LogP contribution is -2.65. The molecule has 5 aliphatic carbocycles.